The highest BCUT2D eigenvalue weighted by atomic mass is 32.1. The molecule has 2 atom stereocenters. The van der Waals surface area contributed by atoms with Crippen molar-refractivity contribution in [1.82, 2.24) is 4.98 Å². The Morgan fingerprint density at radius 3 is 2.71 bits per heavy atom. The van der Waals surface area contributed by atoms with E-state index in [2.05, 4.69) is 44.1 Å². The summed E-state index contributed by atoms with van der Waals surface area (Å²) in [5.41, 5.74) is 2.56. The number of hydrogen-bond acceptors (Lipinski definition) is 3. The van der Waals surface area contributed by atoms with Crippen molar-refractivity contribution in [3.63, 3.8) is 0 Å². The van der Waals surface area contributed by atoms with Gasteiger partial charge in [-0.1, -0.05) is 25.5 Å². The van der Waals surface area contributed by atoms with E-state index < -0.39 is 0 Å². The standard InChI is InChI=1S/C17H24N2OS/c1-10(2)9-11-14(17(11,3)4)15(20)19-16-18-12-7-5-6-8-13(12)21-16/h9,11,14H,5-8H2,1-4H3,(H,18,19,20)/t11-,14-/m1/s1. The van der Waals surface area contributed by atoms with Crippen LogP contribution in [0, 0.1) is 17.3 Å². The van der Waals surface area contributed by atoms with Gasteiger partial charge in [0.25, 0.3) is 0 Å². The van der Waals surface area contributed by atoms with Crippen molar-refractivity contribution in [3.8, 4) is 0 Å². The SMILES string of the molecule is CC(C)=C[C@@H]1[C@H](C(=O)Nc2nc3c(s2)CCCC3)C1(C)C. The second-order valence-corrected chi connectivity index (χ2v) is 8.24. The van der Waals surface area contributed by atoms with E-state index >= 15 is 0 Å². The van der Waals surface area contributed by atoms with Crippen LogP contribution in [0.3, 0.4) is 0 Å². The molecule has 1 aromatic rings. The van der Waals surface area contributed by atoms with Crippen molar-refractivity contribution in [2.24, 2.45) is 17.3 Å². The third-order valence-corrected chi connectivity index (χ3v) is 5.85. The monoisotopic (exact) mass is 304 g/mol. The number of allylic oxidation sites excluding steroid dienone is 2. The molecule has 1 N–H and O–H groups in total. The molecule has 3 rings (SSSR count). The van der Waals surface area contributed by atoms with E-state index in [1.54, 1.807) is 11.3 Å². The quantitative estimate of drug-likeness (QED) is 0.850. The predicted molar refractivity (Wildman–Crippen MR) is 87.6 cm³/mol. The first-order valence-corrected chi connectivity index (χ1v) is 8.65. The van der Waals surface area contributed by atoms with Crippen LogP contribution in [0.4, 0.5) is 5.13 Å². The Morgan fingerprint density at radius 2 is 2.05 bits per heavy atom. The van der Waals surface area contributed by atoms with E-state index in [1.165, 1.54) is 29.0 Å². The first-order valence-electron chi connectivity index (χ1n) is 7.84. The lowest BCUT2D eigenvalue weighted by Crippen LogP contribution is -2.16. The third kappa shape index (κ3) is 2.78. The normalized spacial score (nSPS) is 25.9. The molecule has 3 nitrogen and oxygen atoms in total. The summed E-state index contributed by atoms with van der Waals surface area (Å²) in [4.78, 5) is 18.5. The number of anilines is 1. The lowest BCUT2D eigenvalue weighted by Gasteiger charge is -2.06. The number of thiazole rings is 1. The van der Waals surface area contributed by atoms with Gasteiger partial charge in [0.15, 0.2) is 5.13 Å². The second-order valence-electron chi connectivity index (χ2n) is 7.15. The summed E-state index contributed by atoms with van der Waals surface area (Å²) in [6.45, 7) is 8.54. The maximum Gasteiger partial charge on any atom is 0.230 e. The van der Waals surface area contributed by atoms with Crippen molar-refractivity contribution < 1.29 is 4.79 Å². The highest BCUT2D eigenvalue weighted by molar-refractivity contribution is 7.15. The predicted octanol–water partition coefficient (Wildman–Crippen LogP) is 4.20. The Hall–Kier alpha value is -1.16. The van der Waals surface area contributed by atoms with Gasteiger partial charge < -0.3 is 5.32 Å². The zero-order chi connectivity index (χ0) is 15.2. The fraction of sp³-hybridized carbons (Fsp3) is 0.647. The van der Waals surface area contributed by atoms with Gasteiger partial charge in [0, 0.05) is 4.88 Å². The van der Waals surface area contributed by atoms with Gasteiger partial charge in [-0.05, 0) is 50.9 Å². The minimum Gasteiger partial charge on any atom is -0.302 e. The summed E-state index contributed by atoms with van der Waals surface area (Å²) in [7, 11) is 0. The first kappa shape index (κ1) is 14.8. The second kappa shape index (κ2) is 5.24. The van der Waals surface area contributed by atoms with E-state index in [9.17, 15) is 4.79 Å². The van der Waals surface area contributed by atoms with Gasteiger partial charge in [-0.3, -0.25) is 4.79 Å². The van der Waals surface area contributed by atoms with Crippen LogP contribution in [-0.2, 0) is 17.6 Å². The molecule has 0 aromatic carbocycles. The zero-order valence-corrected chi connectivity index (χ0v) is 14.1. The molecule has 21 heavy (non-hydrogen) atoms. The summed E-state index contributed by atoms with van der Waals surface area (Å²) in [6, 6.07) is 0. The van der Waals surface area contributed by atoms with Crippen LogP contribution < -0.4 is 5.32 Å². The fourth-order valence-electron chi connectivity index (χ4n) is 3.44. The molecule has 1 amide bonds. The molecule has 0 radical (unpaired) electrons. The van der Waals surface area contributed by atoms with Crippen molar-refractivity contribution in [2.45, 2.75) is 53.4 Å². The molecule has 4 heteroatoms. The highest BCUT2D eigenvalue weighted by Crippen LogP contribution is 2.59. The maximum atomic E-state index is 12.5. The highest BCUT2D eigenvalue weighted by Gasteiger charge is 2.60. The lowest BCUT2D eigenvalue weighted by atomic mass is 10.0. The molecule has 1 saturated carbocycles. The van der Waals surface area contributed by atoms with Crippen molar-refractivity contribution in [1.29, 1.82) is 0 Å². The van der Waals surface area contributed by atoms with Gasteiger partial charge in [-0.2, -0.15) is 0 Å². The molecular formula is C17H24N2OS. The average Bonchev–Trinajstić information content (AvgIpc) is 2.77. The summed E-state index contributed by atoms with van der Waals surface area (Å²) in [6.07, 6.45) is 6.90. The molecule has 0 bridgehead atoms. The first-order chi connectivity index (χ1) is 9.89. The van der Waals surface area contributed by atoms with Gasteiger partial charge in [0.05, 0.1) is 11.6 Å². The number of carbonyl (C=O) groups excluding carboxylic acids is 1. The molecule has 114 valence electrons. The Kier molecular flexibility index (Phi) is 3.68. The van der Waals surface area contributed by atoms with Crippen molar-refractivity contribution >= 4 is 22.4 Å². The number of fused-ring (bicyclic) bond motifs is 1. The molecule has 2 aliphatic rings. The summed E-state index contributed by atoms with van der Waals surface area (Å²) < 4.78 is 0. The van der Waals surface area contributed by atoms with E-state index in [1.807, 2.05) is 0 Å². The maximum absolute atomic E-state index is 12.5. The number of nitrogens with one attached hydrogen (secondary N) is 1. The Balaban J connectivity index is 1.70. The van der Waals surface area contributed by atoms with Crippen LogP contribution >= 0.6 is 11.3 Å². The fourth-order valence-corrected chi connectivity index (χ4v) is 4.49. The van der Waals surface area contributed by atoms with Crippen LogP contribution in [0.1, 0.15) is 51.1 Å². The summed E-state index contributed by atoms with van der Waals surface area (Å²) in [5.74, 6) is 0.569. The molecule has 0 unspecified atom stereocenters. The summed E-state index contributed by atoms with van der Waals surface area (Å²) >= 11 is 1.67. The molecule has 0 aliphatic heterocycles. The van der Waals surface area contributed by atoms with Crippen LogP contribution in [0.5, 0.6) is 0 Å². The number of aromatic nitrogens is 1. The number of rotatable bonds is 3. The Morgan fingerprint density at radius 1 is 1.33 bits per heavy atom. The zero-order valence-electron chi connectivity index (χ0n) is 13.3. The van der Waals surface area contributed by atoms with Gasteiger partial charge in [0.2, 0.25) is 5.91 Å². The molecule has 1 fully saturated rings. The minimum atomic E-state index is 0.0677. The number of carbonyl (C=O) groups is 1. The molecule has 0 saturated heterocycles. The van der Waals surface area contributed by atoms with Crippen LogP contribution in [0.2, 0.25) is 0 Å². The van der Waals surface area contributed by atoms with Crippen LogP contribution in [0.15, 0.2) is 11.6 Å². The number of amides is 1. The third-order valence-electron chi connectivity index (χ3n) is 4.78. The molecule has 1 aromatic heterocycles. The lowest BCUT2D eigenvalue weighted by molar-refractivity contribution is -0.118. The molecular weight excluding hydrogens is 280 g/mol. The number of aryl methyl sites for hydroxylation is 2. The topological polar surface area (TPSA) is 42.0 Å². The van der Waals surface area contributed by atoms with E-state index in [4.69, 9.17) is 0 Å². The van der Waals surface area contributed by atoms with Crippen molar-refractivity contribution in [3.05, 3.63) is 22.2 Å². The molecule has 2 aliphatic carbocycles. The van der Waals surface area contributed by atoms with Gasteiger partial charge in [-0.15, -0.1) is 11.3 Å². The van der Waals surface area contributed by atoms with Gasteiger partial charge in [-0.25, -0.2) is 4.98 Å². The average molecular weight is 304 g/mol. The minimum absolute atomic E-state index is 0.0677. The van der Waals surface area contributed by atoms with E-state index in [0.29, 0.717) is 5.92 Å². The van der Waals surface area contributed by atoms with Crippen LogP contribution in [-0.4, -0.2) is 10.9 Å². The summed E-state index contributed by atoms with van der Waals surface area (Å²) in [5, 5.41) is 3.86. The Labute approximate surface area is 130 Å². The van der Waals surface area contributed by atoms with E-state index in [-0.39, 0.29) is 17.2 Å². The van der Waals surface area contributed by atoms with Crippen molar-refractivity contribution in [2.75, 3.05) is 5.32 Å². The number of nitrogens with zero attached hydrogens (tertiary/aromatic N) is 1. The number of hydrogen-bond donors (Lipinski definition) is 1. The Bertz CT molecular complexity index is 572. The van der Waals surface area contributed by atoms with Gasteiger partial charge >= 0.3 is 0 Å². The smallest absolute Gasteiger partial charge is 0.230 e. The van der Waals surface area contributed by atoms with E-state index in [0.717, 1.165) is 18.0 Å². The largest absolute Gasteiger partial charge is 0.302 e. The molecule has 1 heterocycles. The van der Waals surface area contributed by atoms with Crippen LogP contribution in [0.25, 0.3) is 0 Å². The molecule has 0 spiro atoms. The van der Waals surface area contributed by atoms with Gasteiger partial charge in [0.1, 0.15) is 0 Å².